The summed E-state index contributed by atoms with van der Waals surface area (Å²) in [7, 11) is 0. The zero-order valence-electron chi connectivity index (χ0n) is 3.57. The Kier molecular flexibility index (Phi) is 3.46. The van der Waals surface area contributed by atoms with Crippen LogP contribution in [0.1, 0.15) is 0 Å². The fraction of sp³-hybridized carbons (Fsp3) is 0.500. The Morgan fingerprint density at radius 1 is 1.43 bits per heavy atom. The summed E-state index contributed by atoms with van der Waals surface area (Å²) in [6.45, 7) is -0.815. The van der Waals surface area contributed by atoms with Crippen LogP contribution in [0.4, 0.5) is 13.2 Å². The quantitative estimate of drug-likeness (QED) is 0.475. The monoisotopic (exact) mass is 110 g/mol. The van der Waals surface area contributed by atoms with Crippen molar-refractivity contribution >= 4 is 0 Å². The fourth-order valence-electron chi connectivity index (χ4n) is 0.154. The van der Waals surface area contributed by atoms with E-state index in [0.717, 1.165) is 6.08 Å². The highest BCUT2D eigenvalue weighted by Crippen LogP contribution is 1.92. The van der Waals surface area contributed by atoms with Gasteiger partial charge < -0.3 is 0 Å². The van der Waals surface area contributed by atoms with Crippen LogP contribution in [0.25, 0.3) is 0 Å². The fourth-order valence-corrected chi connectivity index (χ4v) is 0.154. The molecule has 0 atom stereocenters. The Morgan fingerprint density at radius 2 is 2.00 bits per heavy atom. The van der Waals surface area contributed by atoms with E-state index < -0.39 is 13.1 Å². The topological polar surface area (TPSA) is 0 Å². The van der Waals surface area contributed by atoms with Crippen LogP contribution in [0, 0.1) is 0 Å². The Labute approximate surface area is 39.6 Å². The van der Waals surface area contributed by atoms with E-state index in [2.05, 4.69) is 0 Å². The zero-order chi connectivity index (χ0) is 5.70. The van der Waals surface area contributed by atoms with Gasteiger partial charge in [-0.05, 0) is 6.08 Å². The zero-order valence-corrected chi connectivity index (χ0v) is 3.57. The smallest absolute Gasteiger partial charge is 0.247 e. The molecule has 0 amide bonds. The van der Waals surface area contributed by atoms with Gasteiger partial charge in [-0.15, -0.1) is 0 Å². The summed E-state index contributed by atoms with van der Waals surface area (Å²) < 4.78 is 32.9. The second-order valence-electron chi connectivity index (χ2n) is 0.917. The van der Waals surface area contributed by atoms with Crippen molar-refractivity contribution in [3.8, 4) is 0 Å². The average Bonchev–Trinajstić information content (AvgIpc) is 1.61. The van der Waals surface area contributed by atoms with Crippen molar-refractivity contribution in [3.05, 3.63) is 12.2 Å². The highest BCUT2D eigenvalue weighted by molar-refractivity contribution is 4.82. The standard InChI is InChI=1S/C4H5F3/c5-3-1-2-4(6)7/h1-2,4H,3H2/b2-1+. The Hall–Kier alpha value is -0.470. The van der Waals surface area contributed by atoms with E-state index in [-0.39, 0.29) is 0 Å². The minimum absolute atomic E-state index is 0.514. The van der Waals surface area contributed by atoms with Gasteiger partial charge >= 0.3 is 0 Å². The minimum Gasteiger partial charge on any atom is -0.247 e. The maximum Gasteiger partial charge on any atom is 0.257 e. The molecule has 0 radical (unpaired) electrons. The van der Waals surface area contributed by atoms with Crippen molar-refractivity contribution in [2.45, 2.75) is 6.43 Å². The number of halogens is 3. The molecular weight excluding hydrogens is 105 g/mol. The molecule has 0 aliphatic carbocycles. The number of hydrogen-bond donors (Lipinski definition) is 0. The van der Waals surface area contributed by atoms with Crippen molar-refractivity contribution in [1.29, 1.82) is 0 Å². The first-order valence-electron chi connectivity index (χ1n) is 1.78. The molecule has 0 saturated heterocycles. The molecule has 0 N–H and O–H groups in total. The summed E-state index contributed by atoms with van der Waals surface area (Å²) in [6, 6.07) is 0. The van der Waals surface area contributed by atoms with Crippen molar-refractivity contribution in [1.82, 2.24) is 0 Å². The molecule has 0 aromatic rings. The van der Waals surface area contributed by atoms with Gasteiger partial charge in [0.15, 0.2) is 0 Å². The van der Waals surface area contributed by atoms with Crippen LogP contribution < -0.4 is 0 Å². The average molecular weight is 110 g/mol. The largest absolute Gasteiger partial charge is 0.257 e. The summed E-state index contributed by atoms with van der Waals surface area (Å²) in [6.07, 6.45) is -1.22. The molecule has 0 saturated carbocycles. The normalized spacial score (nSPS) is 11.4. The maximum absolute atomic E-state index is 11.0. The molecule has 0 spiro atoms. The van der Waals surface area contributed by atoms with Gasteiger partial charge in [0, 0.05) is 0 Å². The van der Waals surface area contributed by atoms with E-state index in [1.54, 1.807) is 0 Å². The molecule has 0 aliphatic heterocycles. The molecule has 0 aliphatic rings. The minimum atomic E-state index is -2.52. The summed E-state index contributed by atoms with van der Waals surface area (Å²) in [4.78, 5) is 0. The molecule has 0 unspecified atom stereocenters. The van der Waals surface area contributed by atoms with E-state index in [1.165, 1.54) is 0 Å². The third-order valence-corrected chi connectivity index (χ3v) is 0.371. The molecule has 3 heteroatoms. The summed E-state index contributed by atoms with van der Waals surface area (Å²) >= 11 is 0. The van der Waals surface area contributed by atoms with E-state index in [4.69, 9.17) is 0 Å². The number of hydrogen-bond acceptors (Lipinski definition) is 0. The van der Waals surface area contributed by atoms with E-state index in [9.17, 15) is 13.2 Å². The van der Waals surface area contributed by atoms with Crippen LogP contribution in [-0.2, 0) is 0 Å². The predicted octanol–water partition coefficient (Wildman–Crippen LogP) is 1.78. The van der Waals surface area contributed by atoms with Gasteiger partial charge in [0.2, 0.25) is 0 Å². The lowest BCUT2D eigenvalue weighted by molar-refractivity contribution is 0.203. The second kappa shape index (κ2) is 3.71. The molecule has 0 fully saturated rings. The van der Waals surface area contributed by atoms with Crippen molar-refractivity contribution < 1.29 is 13.2 Å². The first-order chi connectivity index (χ1) is 3.27. The van der Waals surface area contributed by atoms with Crippen LogP contribution in [0.15, 0.2) is 12.2 Å². The Morgan fingerprint density at radius 3 is 2.14 bits per heavy atom. The molecule has 0 aromatic heterocycles. The second-order valence-corrected chi connectivity index (χ2v) is 0.917. The summed E-state index contributed by atoms with van der Waals surface area (Å²) in [5, 5.41) is 0. The Bertz CT molecular complexity index is 58.0. The van der Waals surface area contributed by atoms with Gasteiger partial charge in [-0.25, -0.2) is 13.2 Å². The molecule has 42 valence electrons. The highest BCUT2D eigenvalue weighted by Gasteiger charge is 1.89. The number of allylic oxidation sites excluding steroid dienone is 2. The molecule has 0 nitrogen and oxygen atoms in total. The summed E-state index contributed by atoms with van der Waals surface area (Å²) in [5.41, 5.74) is 0. The molecule has 0 heterocycles. The Balaban J connectivity index is 3.08. The molecule has 7 heavy (non-hydrogen) atoms. The van der Waals surface area contributed by atoms with Gasteiger partial charge in [0.25, 0.3) is 6.43 Å². The van der Waals surface area contributed by atoms with Crippen molar-refractivity contribution in [3.63, 3.8) is 0 Å². The van der Waals surface area contributed by atoms with Crippen LogP contribution in [0.2, 0.25) is 0 Å². The molecule has 0 aromatic carbocycles. The first-order valence-corrected chi connectivity index (χ1v) is 1.78. The molecule has 0 rings (SSSR count). The van der Waals surface area contributed by atoms with Gasteiger partial charge in [0.1, 0.15) is 6.67 Å². The lowest BCUT2D eigenvalue weighted by atomic mass is 10.5. The lowest BCUT2D eigenvalue weighted by Crippen LogP contribution is -1.79. The number of rotatable bonds is 2. The lowest BCUT2D eigenvalue weighted by Gasteiger charge is -1.80. The maximum atomic E-state index is 11.0. The van der Waals surface area contributed by atoms with Crippen molar-refractivity contribution in [2.24, 2.45) is 0 Å². The van der Waals surface area contributed by atoms with Crippen molar-refractivity contribution in [2.75, 3.05) is 6.67 Å². The van der Waals surface area contributed by atoms with Gasteiger partial charge in [0.05, 0.1) is 0 Å². The molecular formula is C4H5F3. The predicted molar refractivity (Wildman–Crippen MR) is 21.1 cm³/mol. The van der Waals surface area contributed by atoms with Gasteiger partial charge in [-0.2, -0.15) is 0 Å². The van der Waals surface area contributed by atoms with Crippen LogP contribution in [0.5, 0.6) is 0 Å². The SMILES string of the molecule is FC/C=C/C(F)F. The third kappa shape index (κ3) is 5.53. The van der Waals surface area contributed by atoms with E-state index in [1.807, 2.05) is 0 Å². The number of alkyl halides is 3. The van der Waals surface area contributed by atoms with Crippen LogP contribution >= 0.6 is 0 Å². The van der Waals surface area contributed by atoms with Gasteiger partial charge in [-0.1, -0.05) is 6.08 Å². The third-order valence-electron chi connectivity index (χ3n) is 0.371. The van der Waals surface area contributed by atoms with Crippen LogP contribution in [-0.4, -0.2) is 13.1 Å². The highest BCUT2D eigenvalue weighted by atomic mass is 19.3. The first kappa shape index (κ1) is 6.53. The van der Waals surface area contributed by atoms with E-state index in [0.29, 0.717) is 6.08 Å². The summed E-state index contributed by atoms with van der Waals surface area (Å²) in [5.74, 6) is 0. The van der Waals surface area contributed by atoms with Crippen LogP contribution in [0.3, 0.4) is 0 Å². The van der Waals surface area contributed by atoms with E-state index >= 15 is 0 Å². The van der Waals surface area contributed by atoms with Gasteiger partial charge in [-0.3, -0.25) is 0 Å². The molecule has 0 bridgehead atoms.